The molecule has 1 aliphatic carbocycles. The Morgan fingerprint density at radius 1 is 1.36 bits per heavy atom. The van der Waals surface area contributed by atoms with Crippen LogP contribution in [0.25, 0.3) is 0 Å². The number of hydrogen-bond donors (Lipinski definition) is 4. The van der Waals surface area contributed by atoms with E-state index in [9.17, 15) is 32.9 Å². The SMILES string of the molecule is CC[C@]1([C@@H](C)O)OC2(C=C(C(=O)O)C(S(=O)(=O)Nc3ccc(F)cc3Cl)CC2)O[C@@H]1[C@@H](C)O. The molecule has 1 aliphatic heterocycles. The van der Waals surface area contributed by atoms with Crippen LogP contribution in [0.1, 0.15) is 40.0 Å². The van der Waals surface area contributed by atoms with Crippen LogP contribution in [0, 0.1) is 5.82 Å². The lowest BCUT2D eigenvalue weighted by Crippen LogP contribution is -2.53. The van der Waals surface area contributed by atoms with Crippen LogP contribution in [-0.4, -0.2) is 64.7 Å². The van der Waals surface area contributed by atoms with Gasteiger partial charge in [-0.05, 0) is 51.0 Å². The van der Waals surface area contributed by atoms with E-state index in [-0.39, 0.29) is 30.0 Å². The normalized spacial score (nSPS) is 31.8. The zero-order valence-electron chi connectivity index (χ0n) is 18.3. The molecule has 4 N–H and O–H groups in total. The van der Waals surface area contributed by atoms with Crippen LogP contribution in [0.2, 0.25) is 5.02 Å². The number of carboxylic acids is 1. The Morgan fingerprint density at radius 2 is 2.03 bits per heavy atom. The van der Waals surface area contributed by atoms with Crippen LogP contribution < -0.4 is 4.72 Å². The second-order valence-electron chi connectivity index (χ2n) is 8.38. The fraction of sp³-hybridized carbons (Fsp3) is 0.571. The van der Waals surface area contributed by atoms with Gasteiger partial charge in [0.2, 0.25) is 10.0 Å². The first kappa shape index (κ1) is 25.9. The molecule has 6 atom stereocenters. The van der Waals surface area contributed by atoms with Crippen molar-refractivity contribution in [1.29, 1.82) is 0 Å². The van der Waals surface area contributed by atoms with Gasteiger partial charge in [0.05, 0.1) is 28.5 Å². The topological polar surface area (TPSA) is 142 Å². The molecule has 9 nitrogen and oxygen atoms in total. The average molecular weight is 508 g/mol. The molecule has 0 saturated carbocycles. The molecule has 2 aliphatic rings. The number of anilines is 1. The van der Waals surface area contributed by atoms with E-state index in [1.165, 1.54) is 13.8 Å². The van der Waals surface area contributed by atoms with Gasteiger partial charge in [-0.2, -0.15) is 0 Å². The molecule has 1 aromatic rings. The van der Waals surface area contributed by atoms with Gasteiger partial charge in [0, 0.05) is 6.42 Å². The molecule has 0 bridgehead atoms. The summed E-state index contributed by atoms with van der Waals surface area (Å²) in [6.45, 7) is 4.68. The molecule has 0 aromatic heterocycles. The molecular formula is C21H27ClFNO8S. The first-order valence-electron chi connectivity index (χ1n) is 10.4. The lowest BCUT2D eigenvalue weighted by atomic mass is 9.86. The summed E-state index contributed by atoms with van der Waals surface area (Å²) in [5.74, 6) is -3.79. The first-order chi connectivity index (χ1) is 15.3. The van der Waals surface area contributed by atoms with Gasteiger partial charge in [0.1, 0.15) is 22.8 Å². The van der Waals surface area contributed by atoms with Crippen molar-refractivity contribution in [3.05, 3.63) is 40.7 Å². The van der Waals surface area contributed by atoms with Gasteiger partial charge in [0.25, 0.3) is 0 Å². The number of carboxylic acid groups (broad SMARTS) is 1. The van der Waals surface area contributed by atoms with E-state index in [1.807, 2.05) is 0 Å². The van der Waals surface area contributed by atoms with Crippen LogP contribution in [0.3, 0.4) is 0 Å². The van der Waals surface area contributed by atoms with Crippen molar-refractivity contribution in [2.24, 2.45) is 0 Å². The van der Waals surface area contributed by atoms with Gasteiger partial charge < -0.3 is 24.8 Å². The Balaban J connectivity index is 1.99. The van der Waals surface area contributed by atoms with Crippen molar-refractivity contribution in [2.75, 3.05) is 4.72 Å². The minimum atomic E-state index is -4.31. The lowest BCUT2D eigenvalue weighted by Gasteiger charge is -2.37. The summed E-state index contributed by atoms with van der Waals surface area (Å²) in [5.41, 5.74) is -1.90. The maximum atomic E-state index is 13.3. The third-order valence-corrected chi connectivity index (χ3v) is 8.21. The standard InChI is InChI=1S/C21H27ClFNO8S/c1-4-21(12(3)26)18(11(2)25)31-20(32-21)8-7-17(14(10-20)19(27)28)33(29,30)24-16-6-5-13(23)9-15(16)22/h5-6,9-12,17-18,24-26H,4,7-8H2,1-3H3,(H,27,28)/t11-,12-,17?,18-,20?,21-/m1/s1. The van der Waals surface area contributed by atoms with Gasteiger partial charge >= 0.3 is 5.97 Å². The fourth-order valence-electron chi connectivity index (χ4n) is 4.50. The van der Waals surface area contributed by atoms with Gasteiger partial charge in [-0.3, -0.25) is 4.72 Å². The number of aliphatic hydroxyl groups is 2. The van der Waals surface area contributed by atoms with Gasteiger partial charge in [-0.25, -0.2) is 17.6 Å². The molecule has 1 saturated heterocycles. The summed E-state index contributed by atoms with van der Waals surface area (Å²) >= 11 is 5.91. The predicted molar refractivity (Wildman–Crippen MR) is 118 cm³/mol. The second-order valence-corrected chi connectivity index (χ2v) is 10.7. The van der Waals surface area contributed by atoms with Gasteiger partial charge in [-0.1, -0.05) is 18.5 Å². The highest BCUT2D eigenvalue weighted by Crippen LogP contribution is 2.48. The Kier molecular flexibility index (Phi) is 7.15. The van der Waals surface area contributed by atoms with E-state index in [0.29, 0.717) is 0 Å². The van der Waals surface area contributed by atoms with E-state index in [1.54, 1.807) is 6.92 Å². The number of benzene rings is 1. The number of sulfonamides is 1. The molecule has 12 heteroatoms. The lowest BCUT2D eigenvalue weighted by molar-refractivity contribution is -0.182. The number of carbonyl (C=O) groups is 1. The minimum Gasteiger partial charge on any atom is -0.478 e. The smallest absolute Gasteiger partial charge is 0.332 e. The minimum absolute atomic E-state index is 0.0514. The Morgan fingerprint density at radius 3 is 2.52 bits per heavy atom. The van der Waals surface area contributed by atoms with Crippen molar-refractivity contribution in [3.63, 3.8) is 0 Å². The summed E-state index contributed by atoms with van der Waals surface area (Å²) < 4.78 is 53.7. The zero-order chi connectivity index (χ0) is 24.8. The highest BCUT2D eigenvalue weighted by molar-refractivity contribution is 7.93. The number of halogens is 2. The Bertz CT molecular complexity index is 1060. The number of ether oxygens (including phenoxy) is 2. The zero-order valence-corrected chi connectivity index (χ0v) is 19.9. The molecule has 184 valence electrons. The largest absolute Gasteiger partial charge is 0.478 e. The highest BCUT2D eigenvalue weighted by Gasteiger charge is 2.61. The average Bonchev–Trinajstić information content (AvgIpc) is 3.05. The number of nitrogens with one attached hydrogen (secondary N) is 1. The maximum absolute atomic E-state index is 13.3. The Hall–Kier alpha value is -1.76. The molecule has 2 unspecified atom stereocenters. The molecule has 3 rings (SSSR count). The molecule has 33 heavy (non-hydrogen) atoms. The molecule has 0 amide bonds. The van der Waals surface area contributed by atoms with Crippen LogP contribution >= 0.6 is 11.6 Å². The monoisotopic (exact) mass is 507 g/mol. The van der Waals surface area contributed by atoms with Crippen LogP contribution in [0.5, 0.6) is 0 Å². The summed E-state index contributed by atoms with van der Waals surface area (Å²) in [6.07, 6.45) is -1.99. The van der Waals surface area contributed by atoms with Crippen molar-refractivity contribution in [3.8, 4) is 0 Å². The maximum Gasteiger partial charge on any atom is 0.332 e. The quantitative estimate of drug-likeness (QED) is 0.440. The third kappa shape index (κ3) is 4.75. The number of aliphatic carboxylic acids is 1. The predicted octanol–water partition coefficient (Wildman–Crippen LogP) is 2.42. The number of aliphatic hydroxyl groups excluding tert-OH is 2. The van der Waals surface area contributed by atoms with E-state index in [2.05, 4.69) is 4.72 Å². The molecule has 1 heterocycles. The van der Waals surface area contributed by atoms with Crippen LogP contribution in [-0.2, 0) is 24.3 Å². The first-order valence-corrected chi connectivity index (χ1v) is 12.4. The second kappa shape index (κ2) is 9.12. The number of rotatable bonds is 7. The van der Waals surface area contributed by atoms with Crippen molar-refractivity contribution in [1.82, 2.24) is 0 Å². The molecule has 1 fully saturated rings. The molecule has 1 aromatic carbocycles. The van der Waals surface area contributed by atoms with E-state index in [0.717, 1.165) is 24.3 Å². The van der Waals surface area contributed by atoms with Gasteiger partial charge in [0.15, 0.2) is 5.79 Å². The molecular weight excluding hydrogens is 481 g/mol. The van der Waals surface area contributed by atoms with E-state index >= 15 is 0 Å². The summed E-state index contributed by atoms with van der Waals surface area (Å²) in [7, 11) is -4.31. The molecule has 0 radical (unpaired) electrons. The summed E-state index contributed by atoms with van der Waals surface area (Å²) in [4.78, 5) is 12.0. The van der Waals surface area contributed by atoms with Crippen LogP contribution in [0.15, 0.2) is 29.8 Å². The van der Waals surface area contributed by atoms with Crippen molar-refractivity contribution >= 4 is 33.3 Å². The van der Waals surface area contributed by atoms with E-state index < -0.39 is 62.3 Å². The molecule has 1 spiro atoms. The van der Waals surface area contributed by atoms with Crippen LogP contribution in [0.4, 0.5) is 10.1 Å². The third-order valence-electron chi connectivity index (χ3n) is 6.15. The van der Waals surface area contributed by atoms with Gasteiger partial charge in [-0.15, -0.1) is 0 Å². The fourth-order valence-corrected chi connectivity index (χ4v) is 6.33. The summed E-state index contributed by atoms with van der Waals surface area (Å²) in [5, 5.41) is 28.8. The highest BCUT2D eigenvalue weighted by atomic mass is 35.5. The summed E-state index contributed by atoms with van der Waals surface area (Å²) in [6, 6.07) is 3.09. The van der Waals surface area contributed by atoms with Crippen molar-refractivity contribution in [2.45, 2.75) is 75.0 Å². The van der Waals surface area contributed by atoms with E-state index in [4.69, 9.17) is 21.1 Å². The number of hydrogen-bond acceptors (Lipinski definition) is 7. The Labute approximate surface area is 196 Å². The van der Waals surface area contributed by atoms with Crippen molar-refractivity contribution < 1.29 is 42.4 Å².